The number of nitrogens with zero attached hydrogens (tertiary/aromatic N) is 2. The van der Waals surface area contributed by atoms with Gasteiger partial charge in [0.05, 0.1) is 32.0 Å². The Hall–Kier alpha value is -1.68. The van der Waals surface area contributed by atoms with Crippen LogP contribution in [0.3, 0.4) is 0 Å². The van der Waals surface area contributed by atoms with Crippen LogP contribution in [-0.4, -0.2) is 112 Å². The largest absolute Gasteiger partial charge is 0.467 e. The number of esters is 1. The van der Waals surface area contributed by atoms with E-state index >= 15 is 0 Å². The summed E-state index contributed by atoms with van der Waals surface area (Å²) in [5.74, 6) is -0.456. The maximum atomic E-state index is 12.5. The van der Waals surface area contributed by atoms with E-state index in [1.807, 2.05) is 20.8 Å². The maximum absolute atomic E-state index is 12.5. The van der Waals surface area contributed by atoms with Crippen LogP contribution in [0.5, 0.6) is 0 Å². The average molecular weight is 691 g/mol. The lowest BCUT2D eigenvalue weighted by Gasteiger charge is -2.40. The third kappa shape index (κ3) is 11.8. The number of carbonyl (C=O) groups excluding carboxylic acids is 3. The second kappa shape index (κ2) is 15.3. The number of hydrogen-bond acceptors (Lipinski definition) is 9. The van der Waals surface area contributed by atoms with E-state index in [2.05, 4.69) is 67.7 Å². The third-order valence-electron chi connectivity index (χ3n) is 9.22. The highest BCUT2D eigenvalue weighted by molar-refractivity contribution is 6.74. The van der Waals surface area contributed by atoms with E-state index in [0.717, 1.165) is 6.42 Å². The first-order valence-electron chi connectivity index (χ1n) is 16.5. The number of rotatable bonds is 6. The molecule has 11 nitrogen and oxygen atoms in total. The standard InChI is InChI=1S/C17H33NO5Si.C16H33NO4Si/c1-16(2,3)22-15(20)18-11-10-12(13(18)14(19)21-7)23-24(8,9)17(4,5)6;1-15(2,3)20-14(19)17-10-9-13(12(17)11-18)21-22(7,8)16(4,5)6/h12-13H,10-11H2,1-9H3;12-13,18H,9-11H2,1-8H3/t12-,13-;12-,13+/m01/s1. The fraction of sp³-hybridized carbons (Fsp3) is 0.909. The highest BCUT2D eigenvalue weighted by Crippen LogP contribution is 2.40. The SMILES string of the molecule is CC(C)(C)OC(=O)N1CC[C@H](O[Si](C)(C)C(C)(C)C)[C@H]1CO.COC(=O)[C@@H]1[C@@H](O[Si](C)(C)C(C)(C)C)CCN1C(=O)OC(C)(C)C. The number of amides is 2. The summed E-state index contributed by atoms with van der Waals surface area (Å²) in [5, 5.41) is 9.86. The molecule has 2 amide bonds. The third-order valence-corrected chi connectivity index (χ3v) is 18.2. The molecule has 0 bridgehead atoms. The predicted molar refractivity (Wildman–Crippen MR) is 186 cm³/mol. The fourth-order valence-corrected chi connectivity index (χ4v) is 7.39. The van der Waals surface area contributed by atoms with Crippen molar-refractivity contribution in [1.82, 2.24) is 9.80 Å². The zero-order chi connectivity index (χ0) is 36.3. The second-order valence-electron chi connectivity index (χ2n) is 17.5. The van der Waals surface area contributed by atoms with Gasteiger partial charge in [0, 0.05) is 13.1 Å². The molecule has 0 spiro atoms. The van der Waals surface area contributed by atoms with Gasteiger partial charge >= 0.3 is 18.2 Å². The molecule has 4 atom stereocenters. The van der Waals surface area contributed by atoms with Crippen LogP contribution in [0.15, 0.2) is 0 Å². The molecule has 0 aromatic rings. The topological polar surface area (TPSA) is 124 Å². The molecule has 2 aliphatic rings. The van der Waals surface area contributed by atoms with Crippen LogP contribution in [-0.2, 0) is 27.9 Å². The lowest BCUT2D eigenvalue weighted by atomic mass is 10.2. The van der Waals surface area contributed by atoms with Crippen LogP contribution < -0.4 is 0 Å². The first-order valence-corrected chi connectivity index (χ1v) is 22.3. The van der Waals surface area contributed by atoms with Gasteiger partial charge in [0.15, 0.2) is 22.7 Å². The van der Waals surface area contributed by atoms with E-state index in [9.17, 15) is 19.5 Å². The first kappa shape index (κ1) is 42.3. The predicted octanol–water partition coefficient (Wildman–Crippen LogP) is 6.94. The molecule has 0 aromatic carbocycles. The number of ether oxygens (including phenoxy) is 3. The Balaban J connectivity index is 0.000000462. The van der Waals surface area contributed by atoms with Crippen molar-refractivity contribution < 1.29 is 42.6 Å². The van der Waals surface area contributed by atoms with Crippen molar-refractivity contribution in [3.63, 3.8) is 0 Å². The normalized spacial score (nSPS) is 23.1. The number of likely N-dealkylation sites (tertiary alicyclic amines) is 2. The van der Waals surface area contributed by atoms with Crippen LogP contribution in [0.1, 0.15) is 95.9 Å². The summed E-state index contributed by atoms with van der Waals surface area (Å²) >= 11 is 0. The molecule has 2 saturated heterocycles. The summed E-state index contributed by atoms with van der Waals surface area (Å²) in [7, 11) is -2.67. The number of hydrogen-bond donors (Lipinski definition) is 1. The molecular weight excluding hydrogens is 625 g/mol. The summed E-state index contributed by atoms with van der Waals surface area (Å²) in [4.78, 5) is 40.1. The van der Waals surface area contributed by atoms with E-state index in [-0.39, 0.29) is 41.0 Å². The van der Waals surface area contributed by atoms with Crippen LogP contribution >= 0.6 is 0 Å². The van der Waals surface area contributed by atoms with E-state index in [1.165, 1.54) is 12.0 Å². The Morgan fingerprint density at radius 2 is 1.04 bits per heavy atom. The summed E-state index contributed by atoms with van der Waals surface area (Å²) < 4.78 is 28.6. The fourth-order valence-electron chi connectivity index (χ4n) is 4.65. The lowest BCUT2D eigenvalue weighted by molar-refractivity contribution is -0.148. The molecule has 0 saturated carbocycles. The van der Waals surface area contributed by atoms with Crippen LogP contribution in [0.25, 0.3) is 0 Å². The Labute approximate surface area is 281 Å². The Morgan fingerprint density at radius 1 is 0.674 bits per heavy atom. The smallest absolute Gasteiger partial charge is 0.411 e. The Kier molecular flexibility index (Phi) is 14.0. The summed E-state index contributed by atoms with van der Waals surface area (Å²) in [6.45, 7) is 33.5. The Bertz CT molecular complexity index is 1040. The number of aliphatic hydroxyl groups is 1. The molecule has 2 heterocycles. The summed E-state index contributed by atoms with van der Waals surface area (Å²) in [6, 6.07) is -1.07. The molecule has 2 aliphatic heterocycles. The van der Waals surface area contributed by atoms with Crippen LogP contribution in [0, 0.1) is 0 Å². The summed E-state index contributed by atoms with van der Waals surface area (Å²) in [5.41, 5.74) is -1.15. The number of carbonyl (C=O) groups is 3. The van der Waals surface area contributed by atoms with Gasteiger partial charge in [0.2, 0.25) is 0 Å². The van der Waals surface area contributed by atoms with Gasteiger partial charge in [-0.2, -0.15) is 0 Å². The van der Waals surface area contributed by atoms with Gasteiger partial charge in [-0.25, -0.2) is 14.4 Å². The zero-order valence-electron chi connectivity index (χ0n) is 32.0. The molecule has 46 heavy (non-hydrogen) atoms. The minimum Gasteiger partial charge on any atom is -0.467 e. The molecular formula is C33H66N2O9Si2. The van der Waals surface area contributed by atoms with Gasteiger partial charge in [0.1, 0.15) is 11.2 Å². The van der Waals surface area contributed by atoms with Crippen LogP contribution in [0.4, 0.5) is 9.59 Å². The van der Waals surface area contributed by atoms with Gasteiger partial charge in [-0.15, -0.1) is 0 Å². The molecule has 0 aliphatic carbocycles. The molecule has 2 fully saturated rings. The van der Waals surface area contributed by atoms with Crippen molar-refractivity contribution in [3.8, 4) is 0 Å². The number of aliphatic hydroxyl groups excluding tert-OH is 1. The summed E-state index contributed by atoms with van der Waals surface area (Å²) in [6.07, 6.45) is 0.0130. The van der Waals surface area contributed by atoms with Gasteiger partial charge < -0.3 is 33.1 Å². The van der Waals surface area contributed by atoms with Crippen molar-refractivity contribution >= 4 is 34.8 Å². The maximum Gasteiger partial charge on any atom is 0.411 e. The van der Waals surface area contributed by atoms with E-state index in [4.69, 9.17) is 23.1 Å². The number of methoxy groups -OCH3 is 1. The average Bonchev–Trinajstić information content (AvgIpc) is 3.43. The Morgan fingerprint density at radius 3 is 1.41 bits per heavy atom. The highest BCUT2D eigenvalue weighted by Gasteiger charge is 2.49. The minimum absolute atomic E-state index is 0.0208. The zero-order valence-corrected chi connectivity index (χ0v) is 34.0. The second-order valence-corrected chi connectivity index (χ2v) is 27.0. The highest BCUT2D eigenvalue weighted by atomic mass is 28.4. The van der Waals surface area contributed by atoms with Gasteiger partial charge in [-0.1, -0.05) is 41.5 Å². The van der Waals surface area contributed by atoms with Gasteiger partial charge in [-0.3, -0.25) is 4.90 Å². The lowest BCUT2D eigenvalue weighted by Crippen LogP contribution is -2.52. The van der Waals surface area contributed by atoms with Gasteiger partial charge in [-0.05, 0) is 90.6 Å². The van der Waals surface area contributed by atoms with Crippen molar-refractivity contribution in [2.45, 2.75) is 168 Å². The quantitative estimate of drug-likeness (QED) is 0.179. The molecule has 13 heteroatoms. The minimum atomic E-state index is -2.07. The molecule has 1 N–H and O–H groups in total. The van der Waals surface area contributed by atoms with E-state index in [0.29, 0.717) is 19.5 Å². The van der Waals surface area contributed by atoms with Crippen molar-refractivity contribution in [1.29, 1.82) is 0 Å². The van der Waals surface area contributed by atoms with E-state index < -0.39 is 45.9 Å². The van der Waals surface area contributed by atoms with E-state index in [1.54, 1.807) is 25.7 Å². The molecule has 2 rings (SSSR count). The molecule has 0 unspecified atom stereocenters. The first-order chi connectivity index (χ1) is 20.5. The van der Waals surface area contributed by atoms with Crippen molar-refractivity contribution in [2.24, 2.45) is 0 Å². The molecule has 0 aromatic heterocycles. The molecule has 0 radical (unpaired) electrons. The molecule has 270 valence electrons. The van der Waals surface area contributed by atoms with Crippen molar-refractivity contribution in [2.75, 3.05) is 26.8 Å². The monoisotopic (exact) mass is 690 g/mol. The van der Waals surface area contributed by atoms with Gasteiger partial charge in [0.25, 0.3) is 0 Å². The van der Waals surface area contributed by atoms with Crippen LogP contribution in [0.2, 0.25) is 36.3 Å². The van der Waals surface area contributed by atoms with Crippen molar-refractivity contribution in [3.05, 3.63) is 0 Å².